The molecule has 21 heavy (non-hydrogen) atoms. The number of hydrogen-bond acceptors (Lipinski definition) is 4. The van der Waals surface area contributed by atoms with Gasteiger partial charge in [0, 0.05) is 31.7 Å². The SMILES string of the molecule is Cc1cc(C)n(CCCCCCOSc2nccn2C)n1. The molecule has 0 N–H and O–H groups in total. The lowest BCUT2D eigenvalue weighted by molar-refractivity contribution is 0.351. The summed E-state index contributed by atoms with van der Waals surface area (Å²) in [6.45, 7) is 5.95. The van der Waals surface area contributed by atoms with Crippen LogP contribution in [0.4, 0.5) is 0 Å². The summed E-state index contributed by atoms with van der Waals surface area (Å²) in [6, 6.07) is 2.13. The van der Waals surface area contributed by atoms with Crippen LogP contribution in [0.1, 0.15) is 37.1 Å². The van der Waals surface area contributed by atoms with Gasteiger partial charge in [-0.15, -0.1) is 0 Å². The molecule has 0 atom stereocenters. The zero-order valence-electron chi connectivity index (χ0n) is 13.1. The maximum atomic E-state index is 5.56. The normalized spacial score (nSPS) is 11.2. The Morgan fingerprint density at radius 2 is 2.00 bits per heavy atom. The molecule has 2 aromatic heterocycles. The van der Waals surface area contributed by atoms with Crippen molar-refractivity contribution in [2.45, 2.75) is 51.2 Å². The van der Waals surface area contributed by atoms with Crippen molar-refractivity contribution in [1.82, 2.24) is 19.3 Å². The van der Waals surface area contributed by atoms with E-state index in [1.54, 1.807) is 6.20 Å². The molecule has 0 spiro atoms. The first-order valence-electron chi connectivity index (χ1n) is 7.44. The van der Waals surface area contributed by atoms with E-state index in [9.17, 15) is 0 Å². The molecule has 0 saturated heterocycles. The smallest absolute Gasteiger partial charge is 0.195 e. The maximum absolute atomic E-state index is 5.56. The van der Waals surface area contributed by atoms with Gasteiger partial charge in [-0.05, 0) is 32.8 Å². The topological polar surface area (TPSA) is 44.9 Å². The molecule has 0 unspecified atom stereocenters. The second kappa shape index (κ2) is 8.24. The van der Waals surface area contributed by atoms with E-state index in [-0.39, 0.29) is 0 Å². The van der Waals surface area contributed by atoms with Crippen LogP contribution in [-0.4, -0.2) is 25.9 Å². The zero-order valence-corrected chi connectivity index (χ0v) is 13.9. The predicted molar refractivity (Wildman–Crippen MR) is 85.2 cm³/mol. The quantitative estimate of drug-likeness (QED) is 0.525. The fourth-order valence-corrected chi connectivity index (χ4v) is 2.79. The summed E-state index contributed by atoms with van der Waals surface area (Å²) in [5.41, 5.74) is 2.36. The zero-order chi connectivity index (χ0) is 15.1. The summed E-state index contributed by atoms with van der Waals surface area (Å²) >= 11 is 1.36. The molecule has 0 aromatic carbocycles. The minimum atomic E-state index is 0.775. The molecule has 0 amide bonds. The van der Waals surface area contributed by atoms with Crippen molar-refractivity contribution >= 4 is 12.0 Å². The monoisotopic (exact) mass is 308 g/mol. The fraction of sp³-hybridized carbons (Fsp3) is 0.600. The van der Waals surface area contributed by atoms with Gasteiger partial charge in [-0.25, -0.2) is 4.98 Å². The first-order chi connectivity index (χ1) is 10.2. The number of aromatic nitrogens is 4. The molecule has 2 heterocycles. The Bertz CT molecular complexity index is 550. The first kappa shape index (κ1) is 16.1. The summed E-state index contributed by atoms with van der Waals surface area (Å²) in [4.78, 5) is 4.20. The number of rotatable bonds is 9. The minimum Gasteiger partial charge on any atom is -0.327 e. The van der Waals surface area contributed by atoms with Gasteiger partial charge < -0.3 is 8.75 Å². The van der Waals surface area contributed by atoms with E-state index in [4.69, 9.17) is 4.18 Å². The van der Waals surface area contributed by atoms with Gasteiger partial charge in [-0.2, -0.15) is 5.10 Å². The standard InChI is InChI=1S/C15H24N4OS/c1-13-12-14(2)19(17-13)9-6-4-5-7-11-20-21-15-16-8-10-18(15)3/h8,10,12H,4-7,9,11H2,1-3H3. The molecule has 0 aliphatic carbocycles. The van der Waals surface area contributed by atoms with Crippen molar-refractivity contribution in [1.29, 1.82) is 0 Å². The lowest BCUT2D eigenvalue weighted by Crippen LogP contribution is -2.02. The number of hydrogen-bond donors (Lipinski definition) is 0. The van der Waals surface area contributed by atoms with Gasteiger partial charge in [-0.1, -0.05) is 12.8 Å². The molecular formula is C15H24N4OS. The third-order valence-electron chi connectivity index (χ3n) is 3.36. The van der Waals surface area contributed by atoms with Crippen molar-refractivity contribution in [2.75, 3.05) is 6.61 Å². The van der Waals surface area contributed by atoms with Crippen LogP contribution in [0.3, 0.4) is 0 Å². The van der Waals surface area contributed by atoms with Crippen molar-refractivity contribution in [2.24, 2.45) is 7.05 Å². The summed E-state index contributed by atoms with van der Waals surface area (Å²) in [7, 11) is 1.97. The van der Waals surface area contributed by atoms with Gasteiger partial charge in [0.15, 0.2) is 5.16 Å². The summed E-state index contributed by atoms with van der Waals surface area (Å²) in [5.74, 6) is 0. The van der Waals surface area contributed by atoms with Crippen LogP contribution < -0.4 is 0 Å². The molecule has 0 aliphatic rings. The molecule has 0 fully saturated rings. The Balaban J connectivity index is 1.49. The van der Waals surface area contributed by atoms with E-state index in [0.717, 1.165) is 30.4 Å². The van der Waals surface area contributed by atoms with Gasteiger partial charge in [-0.3, -0.25) is 4.68 Å². The highest BCUT2D eigenvalue weighted by Gasteiger charge is 2.01. The molecular weight excluding hydrogens is 284 g/mol. The van der Waals surface area contributed by atoms with Crippen LogP contribution in [0, 0.1) is 13.8 Å². The Morgan fingerprint density at radius 1 is 1.19 bits per heavy atom. The third-order valence-corrected chi connectivity index (χ3v) is 4.19. The number of unbranched alkanes of at least 4 members (excludes halogenated alkanes) is 3. The minimum absolute atomic E-state index is 0.775. The van der Waals surface area contributed by atoms with Gasteiger partial charge in [0.25, 0.3) is 0 Å². The first-order valence-corrected chi connectivity index (χ1v) is 8.19. The Morgan fingerprint density at radius 3 is 2.67 bits per heavy atom. The van der Waals surface area contributed by atoms with Gasteiger partial charge in [0.1, 0.15) is 0 Å². The molecule has 5 nitrogen and oxygen atoms in total. The van der Waals surface area contributed by atoms with Crippen molar-refractivity contribution in [3.63, 3.8) is 0 Å². The van der Waals surface area contributed by atoms with Gasteiger partial charge >= 0.3 is 0 Å². The molecule has 0 bridgehead atoms. The Hall–Kier alpha value is -1.27. The highest BCUT2D eigenvalue weighted by molar-refractivity contribution is 7.94. The molecule has 2 aromatic rings. The average molecular weight is 308 g/mol. The van der Waals surface area contributed by atoms with Crippen molar-refractivity contribution in [3.05, 3.63) is 29.8 Å². The van der Waals surface area contributed by atoms with Gasteiger partial charge in [0.2, 0.25) is 0 Å². The van der Waals surface area contributed by atoms with E-state index >= 15 is 0 Å². The number of aryl methyl sites for hydroxylation is 4. The van der Waals surface area contributed by atoms with Crippen LogP contribution in [-0.2, 0) is 17.8 Å². The van der Waals surface area contributed by atoms with Crippen LogP contribution in [0.5, 0.6) is 0 Å². The highest BCUT2D eigenvalue weighted by Crippen LogP contribution is 2.16. The van der Waals surface area contributed by atoms with Crippen LogP contribution in [0.15, 0.2) is 23.6 Å². The van der Waals surface area contributed by atoms with Crippen molar-refractivity contribution in [3.8, 4) is 0 Å². The van der Waals surface area contributed by atoms with Crippen LogP contribution in [0.25, 0.3) is 0 Å². The van der Waals surface area contributed by atoms with E-state index in [0.29, 0.717) is 0 Å². The average Bonchev–Trinajstić information content (AvgIpc) is 2.99. The van der Waals surface area contributed by atoms with Crippen LogP contribution in [0.2, 0.25) is 0 Å². The third kappa shape index (κ3) is 5.21. The summed E-state index contributed by atoms with van der Waals surface area (Å²) < 4.78 is 9.62. The van der Waals surface area contributed by atoms with Crippen LogP contribution >= 0.6 is 12.0 Å². The molecule has 0 radical (unpaired) electrons. The lowest BCUT2D eigenvalue weighted by Gasteiger charge is -2.05. The Labute approximate surface area is 130 Å². The number of nitrogens with zero attached hydrogens (tertiary/aromatic N) is 4. The van der Waals surface area contributed by atoms with E-state index in [1.807, 2.05) is 24.7 Å². The Kier molecular flexibility index (Phi) is 6.32. The predicted octanol–water partition coefficient (Wildman–Crippen LogP) is 3.52. The number of imidazole rings is 1. The summed E-state index contributed by atoms with van der Waals surface area (Å²) in [5, 5.41) is 5.38. The van der Waals surface area contributed by atoms with Gasteiger partial charge in [0.05, 0.1) is 24.3 Å². The lowest BCUT2D eigenvalue weighted by atomic mass is 10.2. The van der Waals surface area contributed by atoms with Crippen molar-refractivity contribution < 1.29 is 4.18 Å². The maximum Gasteiger partial charge on any atom is 0.195 e. The highest BCUT2D eigenvalue weighted by atomic mass is 32.2. The fourth-order valence-electron chi connectivity index (χ4n) is 2.20. The molecule has 6 heteroatoms. The molecule has 2 rings (SSSR count). The molecule has 116 valence electrons. The summed E-state index contributed by atoms with van der Waals surface area (Å²) in [6.07, 6.45) is 8.38. The largest absolute Gasteiger partial charge is 0.327 e. The van der Waals surface area contributed by atoms with E-state index in [2.05, 4.69) is 27.8 Å². The van der Waals surface area contributed by atoms with E-state index < -0.39 is 0 Å². The molecule has 0 saturated carbocycles. The second-order valence-corrected chi connectivity index (χ2v) is 6.06. The second-order valence-electron chi connectivity index (χ2n) is 5.29. The van der Waals surface area contributed by atoms with E-state index in [1.165, 1.54) is 37.0 Å². The molecule has 0 aliphatic heterocycles.